The molecule has 0 saturated carbocycles. The van der Waals surface area contributed by atoms with Crippen molar-refractivity contribution in [3.05, 3.63) is 66.2 Å². The lowest BCUT2D eigenvalue weighted by atomic mass is 10.2. The van der Waals surface area contributed by atoms with Crippen molar-refractivity contribution < 1.29 is 13.2 Å². The first-order valence-electron chi connectivity index (χ1n) is 10.4. The minimum absolute atomic E-state index is 0.257. The number of hydrogen-bond donors (Lipinski definition) is 1. The van der Waals surface area contributed by atoms with Crippen LogP contribution in [0.3, 0.4) is 0 Å². The van der Waals surface area contributed by atoms with Crippen molar-refractivity contribution in [1.82, 2.24) is 24.8 Å². The Kier molecular flexibility index (Phi) is 5.26. The van der Waals surface area contributed by atoms with E-state index < -0.39 is 6.43 Å². The molecule has 1 atom stereocenters. The van der Waals surface area contributed by atoms with E-state index in [4.69, 9.17) is 9.97 Å². The van der Waals surface area contributed by atoms with Crippen LogP contribution in [0, 0.1) is 5.82 Å². The SMILES string of the molecule is C[C@@H]1CNCCN1c1ccc2nc(-c3ccc(F)cc3)n(-c3ccnc(C(F)F)c3)c2n1. The van der Waals surface area contributed by atoms with Crippen molar-refractivity contribution in [2.75, 3.05) is 24.5 Å². The van der Waals surface area contributed by atoms with Crippen molar-refractivity contribution in [2.45, 2.75) is 19.4 Å². The number of pyridine rings is 2. The van der Waals surface area contributed by atoms with Gasteiger partial charge in [0, 0.05) is 37.4 Å². The quantitative estimate of drug-likeness (QED) is 0.513. The van der Waals surface area contributed by atoms with Crippen molar-refractivity contribution in [3.63, 3.8) is 0 Å². The van der Waals surface area contributed by atoms with Gasteiger partial charge < -0.3 is 10.2 Å². The van der Waals surface area contributed by atoms with Crippen LogP contribution in [0.4, 0.5) is 19.0 Å². The number of halogens is 3. The number of imidazole rings is 1. The van der Waals surface area contributed by atoms with Gasteiger partial charge in [-0.1, -0.05) is 0 Å². The Morgan fingerprint density at radius 2 is 1.88 bits per heavy atom. The average Bonchev–Trinajstić information content (AvgIpc) is 3.18. The van der Waals surface area contributed by atoms with Crippen molar-refractivity contribution in [1.29, 1.82) is 0 Å². The molecule has 1 aliphatic heterocycles. The molecule has 0 unspecified atom stereocenters. The highest BCUT2D eigenvalue weighted by Crippen LogP contribution is 2.31. The largest absolute Gasteiger partial charge is 0.351 e. The van der Waals surface area contributed by atoms with Crippen LogP contribution in [0.15, 0.2) is 54.7 Å². The van der Waals surface area contributed by atoms with E-state index in [1.165, 1.54) is 24.4 Å². The zero-order chi connectivity index (χ0) is 22.2. The van der Waals surface area contributed by atoms with Gasteiger partial charge >= 0.3 is 0 Å². The zero-order valence-corrected chi connectivity index (χ0v) is 17.3. The van der Waals surface area contributed by atoms with Gasteiger partial charge in [-0.3, -0.25) is 9.55 Å². The summed E-state index contributed by atoms with van der Waals surface area (Å²) in [6.07, 6.45) is -1.36. The van der Waals surface area contributed by atoms with Crippen LogP contribution in [-0.2, 0) is 0 Å². The van der Waals surface area contributed by atoms with E-state index >= 15 is 0 Å². The summed E-state index contributed by atoms with van der Waals surface area (Å²) in [6, 6.07) is 13.0. The summed E-state index contributed by atoms with van der Waals surface area (Å²) in [5.41, 5.74) is 1.94. The van der Waals surface area contributed by atoms with Gasteiger partial charge in [0.25, 0.3) is 6.43 Å². The third kappa shape index (κ3) is 3.69. The van der Waals surface area contributed by atoms with E-state index in [0.717, 1.165) is 25.5 Å². The van der Waals surface area contributed by atoms with E-state index in [9.17, 15) is 13.2 Å². The van der Waals surface area contributed by atoms with Crippen LogP contribution in [0.2, 0.25) is 0 Å². The Bertz CT molecular complexity index is 1250. The molecule has 5 rings (SSSR count). The maximum absolute atomic E-state index is 13.5. The first-order valence-corrected chi connectivity index (χ1v) is 10.4. The second-order valence-corrected chi connectivity index (χ2v) is 7.78. The van der Waals surface area contributed by atoms with Gasteiger partial charge in [-0.25, -0.2) is 23.1 Å². The molecule has 6 nitrogen and oxygen atoms in total. The summed E-state index contributed by atoms with van der Waals surface area (Å²) in [6.45, 7) is 4.63. The van der Waals surface area contributed by atoms with Crippen LogP contribution in [0.25, 0.3) is 28.2 Å². The molecule has 3 aromatic heterocycles. The molecule has 1 aromatic carbocycles. The van der Waals surface area contributed by atoms with Gasteiger partial charge in [0.2, 0.25) is 0 Å². The standard InChI is InChI=1S/C23H21F3N6/c1-14-13-27-10-11-31(14)20-7-6-18-23(30-20)32(17-8-9-28-19(12-17)21(25)26)22(29-18)15-2-4-16(24)5-3-15/h2-9,12,14,21,27H,10-11,13H2,1H3/t14-/m1/s1. The summed E-state index contributed by atoms with van der Waals surface area (Å²) in [7, 11) is 0. The summed E-state index contributed by atoms with van der Waals surface area (Å²) >= 11 is 0. The fraction of sp³-hybridized carbons (Fsp3) is 0.261. The van der Waals surface area contributed by atoms with Gasteiger partial charge in [0.05, 0.1) is 5.69 Å². The van der Waals surface area contributed by atoms with Crippen LogP contribution in [-0.4, -0.2) is 45.2 Å². The molecule has 164 valence electrons. The molecule has 9 heteroatoms. The normalized spacial score (nSPS) is 16.8. The average molecular weight is 438 g/mol. The molecule has 32 heavy (non-hydrogen) atoms. The molecule has 0 spiro atoms. The van der Waals surface area contributed by atoms with Crippen LogP contribution < -0.4 is 10.2 Å². The molecule has 4 heterocycles. The summed E-state index contributed by atoms with van der Waals surface area (Å²) in [4.78, 5) is 15.6. The predicted octanol–water partition coefficient (Wildman–Crippen LogP) is 4.36. The molecule has 0 aliphatic carbocycles. The van der Waals surface area contributed by atoms with Crippen LogP contribution >= 0.6 is 0 Å². The summed E-state index contributed by atoms with van der Waals surface area (Å²) in [5.74, 6) is 0.916. The summed E-state index contributed by atoms with van der Waals surface area (Å²) < 4.78 is 42.0. The predicted molar refractivity (Wildman–Crippen MR) is 117 cm³/mol. The van der Waals surface area contributed by atoms with Gasteiger partial charge in [0.15, 0.2) is 5.65 Å². The Morgan fingerprint density at radius 3 is 2.62 bits per heavy atom. The lowest BCUT2D eigenvalue weighted by molar-refractivity contribution is 0.146. The number of benzene rings is 1. The Morgan fingerprint density at radius 1 is 1.06 bits per heavy atom. The molecule has 1 N–H and O–H groups in total. The van der Waals surface area contributed by atoms with Gasteiger partial charge in [-0.2, -0.15) is 0 Å². The molecular formula is C23H21F3N6. The Hall–Kier alpha value is -3.46. The second-order valence-electron chi connectivity index (χ2n) is 7.78. The molecule has 4 aromatic rings. The highest BCUT2D eigenvalue weighted by atomic mass is 19.3. The zero-order valence-electron chi connectivity index (χ0n) is 17.3. The smallest absolute Gasteiger partial charge is 0.280 e. The monoisotopic (exact) mass is 438 g/mol. The number of rotatable bonds is 4. The van der Waals surface area contributed by atoms with Gasteiger partial charge in [-0.05, 0) is 55.5 Å². The van der Waals surface area contributed by atoms with Gasteiger partial charge in [-0.15, -0.1) is 0 Å². The highest BCUT2D eigenvalue weighted by Gasteiger charge is 2.22. The number of fused-ring (bicyclic) bond motifs is 1. The number of alkyl halides is 2. The minimum atomic E-state index is -2.70. The highest BCUT2D eigenvalue weighted by molar-refractivity contribution is 5.81. The van der Waals surface area contributed by atoms with E-state index in [0.29, 0.717) is 28.2 Å². The molecule has 1 aliphatic rings. The maximum atomic E-state index is 13.5. The first-order chi connectivity index (χ1) is 15.5. The van der Waals surface area contributed by atoms with E-state index in [1.54, 1.807) is 22.8 Å². The fourth-order valence-corrected chi connectivity index (χ4v) is 4.02. The number of nitrogens with one attached hydrogen (secondary N) is 1. The Labute approximate surface area is 182 Å². The van der Waals surface area contributed by atoms with Crippen molar-refractivity contribution in [3.8, 4) is 17.1 Å². The van der Waals surface area contributed by atoms with Gasteiger partial charge in [0.1, 0.15) is 28.7 Å². The molecule has 1 saturated heterocycles. The second kappa shape index (κ2) is 8.23. The third-order valence-electron chi connectivity index (χ3n) is 5.63. The summed E-state index contributed by atoms with van der Waals surface area (Å²) in [5, 5.41) is 3.36. The van der Waals surface area contributed by atoms with Crippen molar-refractivity contribution >= 4 is 17.0 Å². The van der Waals surface area contributed by atoms with E-state index in [-0.39, 0.29) is 17.6 Å². The first kappa shape index (κ1) is 20.4. The molecule has 1 fully saturated rings. The van der Waals surface area contributed by atoms with E-state index in [2.05, 4.69) is 22.1 Å². The molecular weight excluding hydrogens is 417 g/mol. The molecule has 0 bridgehead atoms. The van der Waals surface area contributed by atoms with Crippen LogP contribution in [0.1, 0.15) is 19.0 Å². The number of anilines is 1. The van der Waals surface area contributed by atoms with E-state index in [1.807, 2.05) is 12.1 Å². The third-order valence-corrected chi connectivity index (χ3v) is 5.63. The maximum Gasteiger partial charge on any atom is 0.280 e. The number of hydrogen-bond acceptors (Lipinski definition) is 5. The lowest BCUT2D eigenvalue weighted by Crippen LogP contribution is -2.50. The minimum Gasteiger partial charge on any atom is -0.351 e. The number of piperazine rings is 1. The topological polar surface area (TPSA) is 58.9 Å². The van der Waals surface area contributed by atoms with Crippen molar-refractivity contribution in [2.24, 2.45) is 0 Å². The number of aromatic nitrogens is 4. The molecule has 0 radical (unpaired) electrons. The number of nitrogens with zero attached hydrogens (tertiary/aromatic N) is 5. The fourth-order valence-electron chi connectivity index (χ4n) is 4.02. The van der Waals surface area contributed by atoms with Crippen LogP contribution in [0.5, 0.6) is 0 Å². The Balaban J connectivity index is 1.73. The molecule has 0 amide bonds. The lowest BCUT2D eigenvalue weighted by Gasteiger charge is -2.34.